The van der Waals surface area contributed by atoms with Crippen LogP contribution in [0.4, 0.5) is 0 Å². The Kier molecular flexibility index (Phi) is 5.62. The SMILES string of the molecule is CN(C)C(=O)c1ccc(CN2CCC(C)(CN)C2)[nH]1.Cl. The van der Waals surface area contributed by atoms with Crippen LogP contribution < -0.4 is 5.73 Å². The summed E-state index contributed by atoms with van der Waals surface area (Å²) in [4.78, 5) is 19.0. The van der Waals surface area contributed by atoms with Gasteiger partial charge in [-0.05, 0) is 37.1 Å². The first-order valence-corrected chi connectivity index (χ1v) is 6.75. The molecule has 5 nitrogen and oxygen atoms in total. The summed E-state index contributed by atoms with van der Waals surface area (Å²) in [5.41, 5.74) is 7.80. The highest BCUT2D eigenvalue weighted by molar-refractivity contribution is 5.92. The minimum Gasteiger partial charge on any atom is -0.353 e. The predicted molar refractivity (Wildman–Crippen MR) is 83.1 cm³/mol. The topological polar surface area (TPSA) is 65.4 Å². The Hall–Kier alpha value is -1.04. The second kappa shape index (κ2) is 6.61. The van der Waals surface area contributed by atoms with Gasteiger partial charge in [-0.3, -0.25) is 9.69 Å². The van der Waals surface area contributed by atoms with Gasteiger partial charge in [0.2, 0.25) is 0 Å². The Labute approximate surface area is 126 Å². The lowest BCUT2D eigenvalue weighted by Gasteiger charge is -2.22. The van der Waals surface area contributed by atoms with Crippen molar-refractivity contribution in [1.29, 1.82) is 0 Å². The van der Waals surface area contributed by atoms with Crippen LogP contribution >= 0.6 is 12.4 Å². The number of nitrogens with zero attached hydrogens (tertiary/aromatic N) is 2. The van der Waals surface area contributed by atoms with E-state index in [1.807, 2.05) is 12.1 Å². The average molecular weight is 301 g/mol. The van der Waals surface area contributed by atoms with Crippen LogP contribution in [0.3, 0.4) is 0 Å². The molecule has 1 aromatic rings. The third-order valence-electron chi connectivity index (χ3n) is 3.91. The van der Waals surface area contributed by atoms with Gasteiger partial charge < -0.3 is 15.6 Å². The van der Waals surface area contributed by atoms with E-state index in [-0.39, 0.29) is 23.7 Å². The van der Waals surface area contributed by atoms with Crippen molar-refractivity contribution >= 4 is 18.3 Å². The van der Waals surface area contributed by atoms with Crippen molar-refractivity contribution < 1.29 is 4.79 Å². The van der Waals surface area contributed by atoms with Crippen LogP contribution in [-0.4, -0.2) is 54.4 Å². The van der Waals surface area contributed by atoms with E-state index in [1.165, 1.54) is 0 Å². The normalized spacial score (nSPS) is 22.6. The second-order valence-electron chi connectivity index (χ2n) is 6.07. The van der Waals surface area contributed by atoms with Gasteiger partial charge in [-0.25, -0.2) is 0 Å². The first-order valence-electron chi connectivity index (χ1n) is 6.75. The van der Waals surface area contributed by atoms with Crippen molar-refractivity contribution in [2.75, 3.05) is 33.7 Å². The number of hydrogen-bond donors (Lipinski definition) is 2. The molecule has 0 aliphatic carbocycles. The van der Waals surface area contributed by atoms with Gasteiger partial charge in [0.05, 0.1) is 0 Å². The van der Waals surface area contributed by atoms with Crippen molar-refractivity contribution in [2.45, 2.75) is 19.9 Å². The lowest BCUT2D eigenvalue weighted by atomic mass is 9.90. The predicted octanol–water partition coefficient (Wildman–Crippen LogP) is 1.31. The summed E-state index contributed by atoms with van der Waals surface area (Å²) in [6.07, 6.45) is 1.15. The highest BCUT2D eigenvalue weighted by Crippen LogP contribution is 2.29. The molecule has 0 spiro atoms. The number of nitrogens with two attached hydrogens (primary N) is 1. The molecular weight excluding hydrogens is 276 g/mol. The molecule has 1 aliphatic rings. The molecule has 0 saturated carbocycles. The van der Waals surface area contributed by atoms with Gasteiger partial charge in [-0.1, -0.05) is 6.92 Å². The summed E-state index contributed by atoms with van der Waals surface area (Å²) in [6, 6.07) is 3.85. The van der Waals surface area contributed by atoms with E-state index >= 15 is 0 Å². The maximum atomic E-state index is 11.8. The summed E-state index contributed by atoms with van der Waals surface area (Å²) in [6.45, 7) is 5.93. The minimum absolute atomic E-state index is 0. The maximum Gasteiger partial charge on any atom is 0.269 e. The van der Waals surface area contributed by atoms with E-state index in [4.69, 9.17) is 5.73 Å². The Morgan fingerprint density at radius 2 is 2.20 bits per heavy atom. The summed E-state index contributed by atoms with van der Waals surface area (Å²) in [5, 5.41) is 0. The molecule has 1 unspecified atom stereocenters. The highest BCUT2D eigenvalue weighted by Gasteiger charge is 2.32. The second-order valence-corrected chi connectivity index (χ2v) is 6.07. The summed E-state index contributed by atoms with van der Waals surface area (Å²) < 4.78 is 0. The van der Waals surface area contributed by atoms with E-state index in [9.17, 15) is 4.79 Å². The number of hydrogen-bond acceptors (Lipinski definition) is 3. The Bertz CT molecular complexity index is 460. The molecule has 0 bridgehead atoms. The summed E-state index contributed by atoms with van der Waals surface area (Å²) in [7, 11) is 3.52. The smallest absolute Gasteiger partial charge is 0.269 e. The number of rotatable bonds is 4. The average Bonchev–Trinajstić information content (AvgIpc) is 2.97. The molecule has 2 heterocycles. The zero-order valence-electron chi connectivity index (χ0n) is 12.5. The van der Waals surface area contributed by atoms with Crippen molar-refractivity contribution in [3.05, 3.63) is 23.5 Å². The fourth-order valence-electron chi connectivity index (χ4n) is 2.57. The van der Waals surface area contributed by atoms with Gasteiger partial charge in [0.25, 0.3) is 5.91 Å². The quantitative estimate of drug-likeness (QED) is 0.881. The monoisotopic (exact) mass is 300 g/mol. The standard InChI is InChI=1S/C14H24N4O.ClH/c1-14(9-15)6-7-18(10-14)8-11-4-5-12(16-11)13(19)17(2)3;/h4-5,16H,6-10,15H2,1-3H3;1H. The minimum atomic E-state index is 0. The maximum absolute atomic E-state index is 11.8. The number of aromatic nitrogens is 1. The first-order chi connectivity index (χ1) is 8.93. The van der Waals surface area contributed by atoms with E-state index in [0.717, 1.165) is 38.3 Å². The molecule has 20 heavy (non-hydrogen) atoms. The van der Waals surface area contributed by atoms with Gasteiger partial charge in [0, 0.05) is 32.9 Å². The van der Waals surface area contributed by atoms with Crippen LogP contribution in [0, 0.1) is 5.41 Å². The molecule has 1 aromatic heterocycles. The van der Waals surface area contributed by atoms with Gasteiger partial charge in [0.1, 0.15) is 5.69 Å². The Morgan fingerprint density at radius 3 is 2.75 bits per heavy atom. The fourth-order valence-corrected chi connectivity index (χ4v) is 2.57. The Morgan fingerprint density at radius 1 is 1.50 bits per heavy atom. The number of halogens is 1. The number of carbonyl (C=O) groups is 1. The third-order valence-corrected chi connectivity index (χ3v) is 3.91. The van der Waals surface area contributed by atoms with Crippen LogP contribution in [0.25, 0.3) is 0 Å². The van der Waals surface area contributed by atoms with Crippen LogP contribution in [0.5, 0.6) is 0 Å². The van der Waals surface area contributed by atoms with E-state index < -0.39 is 0 Å². The van der Waals surface area contributed by atoms with Crippen LogP contribution in [0.15, 0.2) is 12.1 Å². The van der Waals surface area contributed by atoms with Crippen molar-refractivity contribution in [1.82, 2.24) is 14.8 Å². The van der Waals surface area contributed by atoms with Crippen molar-refractivity contribution in [3.8, 4) is 0 Å². The molecule has 2 rings (SSSR count). The zero-order chi connectivity index (χ0) is 14.0. The van der Waals surface area contributed by atoms with E-state index in [2.05, 4.69) is 16.8 Å². The molecular formula is C14H25ClN4O. The van der Waals surface area contributed by atoms with Gasteiger partial charge >= 0.3 is 0 Å². The summed E-state index contributed by atoms with van der Waals surface area (Å²) >= 11 is 0. The number of aromatic amines is 1. The number of amides is 1. The largest absolute Gasteiger partial charge is 0.353 e. The highest BCUT2D eigenvalue weighted by atomic mass is 35.5. The molecule has 1 amide bonds. The number of likely N-dealkylation sites (tertiary alicyclic amines) is 1. The first kappa shape index (κ1) is 17.0. The van der Waals surface area contributed by atoms with Crippen LogP contribution in [-0.2, 0) is 6.54 Å². The van der Waals surface area contributed by atoms with E-state index in [1.54, 1.807) is 19.0 Å². The summed E-state index contributed by atoms with van der Waals surface area (Å²) in [5.74, 6) is 0.0134. The lowest BCUT2D eigenvalue weighted by molar-refractivity contribution is 0.0822. The molecule has 1 saturated heterocycles. The van der Waals surface area contributed by atoms with Crippen LogP contribution in [0.1, 0.15) is 29.5 Å². The molecule has 114 valence electrons. The molecule has 6 heteroatoms. The van der Waals surface area contributed by atoms with Gasteiger partial charge in [-0.2, -0.15) is 0 Å². The third kappa shape index (κ3) is 3.75. The fraction of sp³-hybridized carbons (Fsp3) is 0.643. The van der Waals surface area contributed by atoms with Crippen molar-refractivity contribution in [2.24, 2.45) is 11.1 Å². The Balaban J connectivity index is 0.00000200. The van der Waals surface area contributed by atoms with E-state index in [0.29, 0.717) is 5.69 Å². The zero-order valence-corrected chi connectivity index (χ0v) is 13.3. The number of carbonyl (C=O) groups excluding carboxylic acids is 1. The van der Waals surface area contributed by atoms with Crippen molar-refractivity contribution in [3.63, 3.8) is 0 Å². The molecule has 1 aliphatic heterocycles. The lowest BCUT2D eigenvalue weighted by Crippen LogP contribution is -2.31. The molecule has 0 aromatic carbocycles. The molecule has 0 radical (unpaired) electrons. The van der Waals surface area contributed by atoms with Gasteiger partial charge in [-0.15, -0.1) is 12.4 Å². The van der Waals surface area contributed by atoms with Crippen LogP contribution in [0.2, 0.25) is 0 Å². The molecule has 1 fully saturated rings. The molecule has 3 N–H and O–H groups in total. The number of H-pyrrole nitrogens is 1. The van der Waals surface area contributed by atoms with Gasteiger partial charge in [0.15, 0.2) is 0 Å². The number of nitrogens with one attached hydrogen (secondary N) is 1. The molecule has 1 atom stereocenters.